The minimum Gasteiger partial charge on any atom is -0.440 e. The van der Waals surface area contributed by atoms with Crippen molar-refractivity contribution in [2.24, 2.45) is 0 Å². The predicted molar refractivity (Wildman–Crippen MR) is 97.3 cm³/mol. The molecule has 2 unspecified atom stereocenters. The number of aliphatic hydroxyl groups excluding tert-OH is 1. The number of benzene rings is 1. The van der Waals surface area contributed by atoms with Crippen LogP contribution in [-0.2, 0) is 12.0 Å². The van der Waals surface area contributed by atoms with Crippen LogP contribution in [-0.4, -0.2) is 22.2 Å². The second-order valence-electron chi connectivity index (χ2n) is 8.43. The molecule has 2 aromatic rings. The molecule has 24 heavy (non-hydrogen) atoms. The van der Waals surface area contributed by atoms with Crippen LogP contribution in [0, 0.1) is 0 Å². The molecule has 4 nitrogen and oxygen atoms in total. The van der Waals surface area contributed by atoms with Crippen molar-refractivity contribution < 1.29 is 9.52 Å². The molecule has 1 aliphatic carbocycles. The zero-order chi connectivity index (χ0) is 17.5. The second-order valence-corrected chi connectivity index (χ2v) is 8.43. The van der Waals surface area contributed by atoms with Gasteiger partial charge in [0.2, 0.25) is 0 Å². The molecule has 0 spiro atoms. The van der Waals surface area contributed by atoms with Gasteiger partial charge in [-0.1, -0.05) is 40.7 Å². The molecule has 0 radical (unpaired) electrons. The molecule has 1 saturated carbocycles. The Morgan fingerprint density at radius 3 is 2.62 bits per heavy atom. The molecule has 2 N–H and O–H groups in total. The van der Waals surface area contributed by atoms with Crippen molar-refractivity contribution in [3.63, 3.8) is 0 Å². The van der Waals surface area contributed by atoms with E-state index in [2.05, 4.69) is 52.1 Å². The van der Waals surface area contributed by atoms with Crippen LogP contribution in [0.4, 0.5) is 0 Å². The fraction of sp³-hybridized carbons (Fsp3) is 0.650. The van der Waals surface area contributed by atoms with Gasteiger partial charge < -0.3 is 14.8 Å². The predicted octanol–water partition coefficient (Wildman–Crippen LogP) is 4.25. The van der Waals surface area contributed by atoms with Gasteiger partial charge in [-0.25, -0.2) is 4.98 Å². The molecule has 132 valence electrons. The van der Waals surface area contributed by atoms with Gasteiger partial charge >= 0.3 is 0 Å². The standard InChI is InChI=1S/C20H30N2O2/c1-12(2)19-22-16-10-13(11-21-15-7-6-8-17(15)23)9-14(18(16)24-19)20(3,4)5/h9-10,12,15,17,21,23H,6-8,11H2,1-5H3. The molecule has 2 atom stereocenters. The van der Waals surface area contributed by atoms with Crippen LogP contribution in [0.3, 0.4) is 0 Å². The molecule has 0 bridgehead atoms. The lowest BCUT2D eigenvalue weighted by molar-refractivity contribution is 0.148. The summed E-state index contributed by atoms with van der Waals surface area (Å²) in [6.45, 7) is 11.6. The first-order valence-corrected chi connectivity index (χ1v) is 9.11. The van der Waals surface area contributed by atoms with Gasteiger partial charge in [0.15, 0.2) is 11.5 Å². The zero-order valence-corrected chi connectivity index (χ0v) is 15.5. The van der Waals surface area contributed by atoms with Gasteiger partial charge in [0.25, 0.3) is 0 Å². The van der Waals surface area contributed by atoms with Gasteiger partial charge in [-0.2, -0.15) is 0 Å². The molecular formula is C20H30N2O2. The minimum absolute atomic E-state index is 0.00504. The second kappa shape index (κ2) is 6.49. The topological polar surface area (TPSA) is 58.3 Å². The largest absolute Gasteiger partial charge is 0.440 e. The number of fused-ring (bicyclic) bond motifs is 1. The molecule has 0 aliphatic heterocycles. The summed E-state index contributed by atoms with van der Waals surface area (Å²) >= 11 is 0. The zero-order valence-electron chi connectivity index (χ0n) is 15.5. The first kappa shape index (κ1) is 17.4. The smallest absolute Gasteiger partial charge is 0.198 e. The average molecular weight is 330 g/mol. The van der Waals surface area contributed by atoms with Crippen molar-refractivity contribution in [1.82, 2.24) is 10.3 Å². The van der Waals surface area contributed by atoms with E-state index in [1.54, 1.807) is 0 Å². The maximum atomic E-state index is 10.00. The first-order chi connectivity index (χ1) is 11.3. The van der Waals surface area contributed by atoms with Crippen molar-refractivity contribution in [2.45, 2.75) is 83.9 Å². The highest BCUT2D eigenvalue weighted by Gasteiger charge is 2.26. The summed E-state index contributed by atoms with van der Waals surface area (Å²) in [6.07, 6.45) is 2.85. The Bertz CT molecular complexity index is 712. The SMILES string of the molecule is CC(C)c1nc2cc(CNC3CCCC3O)cc(C(C)(C)C)c2o1. The van der Waals surface area contributed by atoms with Gasteiger partial charge in [0, 0.05) is 24.1 Å². The Morgan fingerprint density at radius 1 is 1.29 bits per heavy atom. The van der Waals surface area contributed by atoms with E-state index in [0.29, 0.717) is 0 Å². The molecule has 0 saturated heterocycles. The molecule has 0 amide bonds. The van der Waals surface area contributed by atoms with Gasteiger partial charge in [-0.15, -0.1) is 0 Å². The van der Waals surface area contributed by atoms with Crippen molar-refractivity contribution in [2.75, 3.05) is 0 Å². The number of aliphatic hydroxyl groups is 1. The van der Waals surface area contributed by atoms with E-state index in [4.69, 9.17) is 9.40 Å². The van der Waals surface area contributed by atoms with Gasteiger partial charge in [0.1, 0.15) is 5.52 Å². The lowest BCUT2D eigenvalue weighted by Crippen LogP contribution is -2.35. The lowest BCUT2D eigenvalue weighted by Gasteiger charge is -2.21. The minimum atomic E-state index is -0.213. The molecule has 3 rings (SSSR count). The Hall–Kier alpha value is -1.39. The van der Waals surface area contributed by atoms with Crippen LogP contribution in [0.5, 0.6) is 0 Å². The highest BCUT2D eigenvalue weighted by Crippen LogP contribution is 2.33. The van der Waals surface area contributed by atoms with Crippen molar-refractivity contribution in [3.05, 3.63) is 29.2 Å². The molecular weight excluding hydrogens is 300 g/mol. The molecule has 1 fully saturated rings. The van der Waals surface area contributed by atoms with Crippen LogP contribution in [0.2, 0.25) is 0 Å². The Kier molecular flexibility index (Phi) is 4.71. The number of nitrogens with zero attached hydrogens (tertiary/aromatic N) is 1. The van der Waals surface area contributed by atoms with E-state index in [0.717, 1.165) is 42.8 Å². The average Bonchev–Trinajstić information content (AvgIpc) is 3.09. The van der Waals surface area contributed by atoms with Crippen molar-refractivity contribution in [3.8, 4) is 0 Å². The number of hydrogen-bond acceptors (Lipinski definition) is 4. The van der Waals surface area contributed by atoms with E-state index >= 15 is 0 Å². The van der Waals surface area contributed by atoms with E-state index in [1.807, 2.05) is 0 Å². The normalized spacial score (nSPS) is 22.0. The molecule has 1 aliphatic rings. The van der Waals surface area contributed by atoms with E-state index < -0.39 is 0 Å². The third-order valence-electron chi connectivity index (χ3n) is 4.92. The Morgan fingerprint density at radius 2 is 2.04 bits per heavy atom. The maximum absolute atomic E-state index is 10.00. The van der Waals surface area contributed by atoms with E-state index in [1.165, 1.54) is 11.1 Å². The van der Waals surface area contributed by atoms with Gasteiger partial charge in [-0.05, 0) is 36.3 Å². The maximum Gasteiger partial charge on any atom is 0.198 e. The monoisotopic (exact) mass is 330 g/mol. The molecule has 1 heterocycles. The first-order valence-electron chi connectivity index (χ1n) is 9.11. The van der Waals surface area contributed by atoms with Gasteiger partial charge in [-0.3, -0.25) is 0 Å². The highest BCUT2D eigenvalue weighted by atomic mass is 16.3. The summed E-state index contributed by atoms with van der Waals surface area (Å²) in [5, 5.41) is 13.5. The summed E-state index contributed by atoms with van der Waals surface area (Å²) in [6, 6.07) is 4.56. The van der Waals surface area contributed by atoms with Crippen LogP contribution >= 0.6 is 0 Å². The summed E-state index contributed by atoms with van der Waals surface area (Å²) < 4.78 is 6.07. The number of aromatic nitrogens is 1. The molecule has 4 heteroatoms. The van der Waals surface area contributed by atoms with Crippen LogP contribution in [0.1, 0.15) is 76.8 Å². The van der Waals surface area contributed by atoms with Crippen molar-refractivity contribution in [1.29, 1.82) is 0 Å². The van der Waals surface area contributed by atoms with Gasteiger partial charge in [0.05, 0.1) is 6.10 Å². The lowest BCUT2D eigenvalue weighted by atomic mass is 9.85. The van der Waals surface area contributed by atoms with Crippen LogP contribution in [0.15, 0.2) is 16.5 Å². The highest BCUT2D eigenvalue weighted by molar-refractivity contribution is 5.78. The third-order valence-corrected chi connectivity index (χ3v) is 4.92. The molecule has 1 aromatic carbocycles. The number of oxazole rings is 1. The quantitative estimate of drug-likeness (QED) is 0.880. The fourth-order valence-electron chi connectivity index (χ4n) is 3.44. The Balaban J connectivity index is 1.93. The fourth-order valence-corrected chi connectivity index (χ4v) is 3.44. The van der Waals surface area contributed by atoms with E-state index in [9.17, 15) is 5.11 Å². The summed E-state index contributed by atoms with van der Waals surface area (Å²) in [5.74, 6) is 1.08. The van der Waals surface area contributed by atoms with Crippen molar-refractivity contribution >= 4 is 11.1 Å². The number of nitrogens with one attached hydrogen (secondary N) is 1. The van der Waals surface area contributed by atoms with Crippen LogP contribution in [0.25, 0.3) is 11.1 Å². The summed E-state index contributed by atoms with van der Waals surface area (Å²) in [7, 11) is 0. The summed E-state index contributed by atoms with van der Waals surface area (Å²) in [5.41, 5.74) is 4.25. The molecule has 1 aromatic heterocycles. The third kappa shape index (κ3) is 3.50. The number of rotatable bonds is 4. The Labute approximate surface area is 144 Å². The van der Waals surface area contributed by atoms with E-state index in [-0.39, 0.29) is 23.5 Å². The summed E-state index contributed by atoms with van der Waals surface area (Å²) in [4.78, 5) is 4.70. The number of hydrogen-bond donors (Lipinski definition) is 2. The van der Waals surface area contributed by atoms with Crippen LogP contribution < -0.4 is 5.32 Å².